The molecule has 0 N–H and O–H groups in total. The fourth-order valence-electron chi connectivity index (χ4n) is 2.81. The second kappa shape index (κ2) is 3.19. The zero-order valence-corrected chi connectivity index (χ0v) is 10.8. The second-order valence-corrected chi connectivity index (χ2v) is 5.67. The van der Waals surface area contributed by atoms with Crippen molar-refractivity contribution in [3.63, 3.8) is 0 Å². The van der Waals surface area contributed by atoms with Crippen molar-refractivity contribution in [2.75, 3.05) is 0 Å². The summed E-state index contributed by atoms with van der Waals surface area (Å²) in [6.07, 6.45) is 7.62. The van der Waals surface area contributed by atoms with Crippen molar-refractivity contribution in [3.05, 3.63) is 48.7 Å². The predicted molar refractivity (Wildman–Crippen MR) is 73.1 cm³/mol. The minimum Gasteiger partial charge on any atom is -0.300 e. The molecule has 0 aliphatic carbocycles. The molecular formula is C14H9N4S+. The molecule has 5 heteroatoms. The molecule has 5 rings (SSSR count). The number of fused-ring (bicyclic) bond motifs is 7. The Morgan fingerprint density at radius 2 is 2.32 bits per heavy atom. The molecule has 0 fully saturated rings. The Morgan fingerprint density at radius 3 is 3.32 bits per heavy atom. The first-order valence-electron chi connectivity index (χ1n) is 6.13. The van der Waals surface area contributed by atoms with E-state index in [9.17, 15) is 0 Å². The molecule has 0 aromatic carbocycles. The van der Waals surface area contributed by atoms with Gasteiger partial charge >= 0.3 is 0 Å². The summed E-state index contributed by atoms with van der Waals surface area (Å²) in [4.78, 5) is 9.94. The van der Waals surface area contributed by atoms with Crippen LogP contribution in [-0.4, -0.2) is 14.4 Å². The van der Waals surface area contributed by atoms with Crippen molar-refractivity contribution in [1.29, 1.82) is 0 Å². The number of pyridine rings is 1. The summed E-state index contributed by atoms with van der Waals surface area (Å²) < 4.78 is 4.55. The topological polar surface area (TPSA) is 34.1 Å². The van der Waals surface area contributed by atoms with Gasteiger partial charge in [0.1, 0.15) is 5.69 Å². The maximum Gasteiger partial charge on any atom is 0.274 e. The summed E-state index contributed by atoms with van der Waals surface area (Å²) in [6, 6.07) is 6.37. The lowest BCUT2D eigenvalue weighted by atomic mass is 10.2. The predicted octanol–water partition coefficient (Wildman–Crippen LogP) is 2.26. The molecule has 0 radical (unpaired) electrons. The number of thiazole rings is 1. The van der Waals surface area contributed by atoms with E-state index in [1.165, 1.54) is 26.6 Å². The van der Waals surface area contributed by atoms with Crippen LogP contribution in [0.2, 0.25) is 0 Å². The zero-order chi connectivity index (χ0) is 12.4. The monoisotopic (exact) mass is 265 g/mol. The molecule has 0 atom stereocenters. The molecule has 0 amide bonds. The van der Waals surface area contributed by atoms with Gasteiger partial charge in [-0.1, -0.05) is 0 Å². The first-order valence-corrected chi connectivity index (χ1v) is 6.95. The van der Waals surface area contributed by atoms with Crippen LogP contribution in [0.1, 0.15) is 5.69 Å². The van der Waals surface area contributed by atoms with Crippen LogP contribution in [0.4, 0.5) is 0 Å². The lowest BCUT2D eigenvalue weighted by Crippen LogP contribution is -2.30. The molecule has 1 aliphatic rings. The van der Waals surface area contributed by atoms with Crippen molar-refractivity contribution in [2.45, 2.75) is 6.54 Å². The summed E-state index contributed by atoms with van der Waals surface area (Å²) in [5.74, 6) is 0. The number of rotatable bonds is 0. The van der Waals surface area contributed by atoms with Gasteiger partial charge in [-0.25, -0.2) is 0 Å². The van der Waals surface area contributed by atoms with E-state index in [1.807, 2.05) is 42.2 Å². The van der Waals surface area contributed by atoms with E-state index in [0.717, 1.165) is 12.1 Å². The summed E-state index contributed by atoms with van der Waals surface area (Å²) >= 11 is 1.82. The van der Waals surface area contributed by atoms with E-state index in [2.05, 4.69) is 31.1 Å². The van der Waals surface area contributed by atoms with E-state index >= 15 is 0 Å². The quantitative estimate of drug-likeness (QED) is 0.402. The molecule has 90 valence electrons. The van der Waals surface area contributed by atoms with Gasteiger partial charge in [0, 0.05) is 24.7 Å². The lowest BCUT2D eigenvalue weighted by Gasteiger charge is -1.91. The third-order valence-electron chi connectivity index (χ3n) is 3.67. The van der Waals surface area contributed by atoms with Crippen LogP contribution in [0.15, 0.2) is 43.0 Å². The Balaban J connectivity index is 1.93. The van der Waals surface area contributed by atoms with Gasteiger partial charge < -0.3 is 0 Å². The second-order valence-electron chi connectivity index (χ2n) is 4.70. The molecule has 0 bridgehead atoms. The molecule has 19 heavy (non-hydrogen) atoms. The highest BCUT2D eigenvalue weighted by Gasteiger charge is 2.33. The van der Waals surface area contributed by atoms with Gasteiger partial charge in [-0.2, -0.15) is 4.57 Å². The van der Waals surface area contributed by atoms with Crippen LogP contribution < -0.4 is 4.57 Å². The Morgan fingerprint density at radius 1 is 1.32 bits per heavy atom. The highest BCUT2D eigenvalue weighted by atomic mass is 32.1. The Labute approximate surface area is 112 Å². The van der Waals surface area contributed by atoms with Crippen molar-refractivity contribution in [1.82, 2.24) is 14.4 Å². The Hall–Kier alpha value is -2.27. The van der Waals surface area contributed by atoms with E-state index in [0.29, 0.717) is 0 Å². The SMILES string of the molecule is c1cnc2c(c1)-c1sc3c(cc4cnccn43)[n+]1C2. The average Bonchev–Trinajstić information content (AvgIpc) is 3.07. The smallest absolute Gasteiger partial charge is 0.274 e. The van der Waals surface area contributed by atoms with Gasteiger partial charge in [-0.15, -0.1) is 0 Å². The third-order valence-corrected chi connectivity index (χ3v) is 4.90. The summed E-state index contributed by atoms with van der Waals surface area (Å²) in [7, 11) is 0. The van der Waals surface area contributed by atoms with E-state index in [4.69, 9.17) is 0 Å². The molecule has 0 saturated heterocycles. The fourth-order valence-corrected chi connectivity index (χ4v) is 4.10. The van der Waals surface area contributed by atoms with Gasteiger partial charge in [0.25, 0.3) is 5.01 Å². The highest BCUT2D eigenvalue weighted by molar-refractivity contribution is 7.20. The standard InChI is InChI=1S/C14H9N4S/c1-2-10-11(16-3-1)8-18-12-6-9-7-15-4-5-17(9)14(12)19-13(10)18/h1-7H,8H2/q+1. The van der Waals surface area contributed by atoms with E-state index in [1.54, 1.807) is 0 Å². The number of hydrogen-bond donors (Lipinski definition) is 0. The first-order chi connectivity index (χ1) is 9.42. The highest BCUT2D eigenvalue weighted by Crippen LogP contribution is 2.35. The third kappa shape index (κ3) is 1.11. The minimum absolute atomic E-state index is 0.871. The maximum absolute atomic E-state index is 4.47. The average molecular weight is 265 g/mol. The van der Waals surface area contributed by atoms with Crippen LogP contribution in [0.3, 0.4) is 0 Å². The molecule has 5 heterocycles. The molecular weight excluding hydrogens is 256 g/mol. The molecule has 4 aromatic rings. The molecule has 4 nitrogen and oxygen atoms in total. The van der Waals surface area contributed by atoms with Gasteiger partial charge in [-0.3, -0.25) is 14.4 Å². The normalized spacial score (nSPS) is 13.1. The van der Waals surface area contributed by atoms with Crippen LogP contribution in [-0.2, 0) is 6.54 Å². The van der Waals surface area contributed by atoms with Crippen LogP contribution >= 0.6 is 11.3 Å². The van der Waals surface area contributed by atoms with Crippen molar-refractivity contribution in [2.24, 2.45) is 0 Å². The van der Waals surface area contributed by atoms with Crippen LogP contribution in [0.25, 0.3) is 26.4 Å². The minimum atomic E-state index is 0.871. The Kier molecular flexibility index (Phi) is 1.62. The van der Waals surface area contributed by atoms with E-state index < -0.39 is 0 Å². The van der Waals surface area contributed by atoms with Gasteiger partial charge in [0.2, 0.25) is 5.52 Å². The first kappa shape index (κ1) is 9.63. The van der Waals surface area contributed by atoms with Gasteiger partial charge in [0.15, 0.2) is 11.4 Å². The summed E-state index contributed by atoms with van der Waals surface area (Å²) in [6.45, 7) is 0.871. The molecule has 0 unspecified atom stereocenters. The van der Waals surface area contributed by atoms with Crippen molar-refractivity contribution >= 4 is 27.2 Å². The number of nitrogens with zero attached hydrogens (tertiary/aromatic N) is 4. The zero-order valence-electron chi connectivity index (χ0n) is 9.95. The van der Waals surface area contributed by atoms with Crippen molar-refractivity contribution in [3.8, 4) is 10.6 Å². The van der Waals surface area contributed by atoms with Crippen molar-refractivity contribution < 1.29 is 4.57 Å². The molecule has 0 saturated carbocycles. The lowest BCUT2D eigenvalue weighted by molar-refractivity contribution is -0.642. The summed E-state index contributed by atoms with van der Waals surface area (Å²) in [5.41, 5.74) is 4.85. The maximum atomic E-state index is 4.47. The van der Waals surface area contributed by atoms with Crippen LogP contribution in [0.5, 0.6) is 0 Å². The molecule has 0 spiro atoms. The van der Waals surface area contributed by atoms with E-state index in [-0.39, 0.29) is 0 Å². The van der Waals surface area contributed by atoms with Gasteiger partial charge in [0.05, 0.1) is 17.3 Å². The largest absolute Gasteiger partial charge is 0.300 e. The summed E-state index contributed by atoms with van der Waals surface area (Å²) in [5, 5.41) is 1.30. The molecule has 4 aromatic heterocycles. The Bertz CT molecular complexity index is 951. The number of hydrogen-bond acceptors (Lipinski definition) is 3. The van der Waals surface area contributed by atoms with Gasteiger partial charge in [-0.05, 0) is 23.5 Å². The fraction of sp³-hybridized carbons (Fsp3) is 0.0714. The molecule has 1 aliphatic heterocycles. The van der Waals surface area contributed by atoms with Crippen LogP contribution in [0, 0.1) is 0 Å². The number of aromatic nitrogens is 4.